The number of benzene rings is 1. The van der Waals surface area contributed by atoms with Crippen molar-refractivity contribution in [3.63, 3.8) is 0 Å². The summed E-state index contributed by atoms with van der Waals surface area (Å²) in [7, 11) is 1.69. The summed E-state index contributed by atoms with van der Waals surface area (Å²) in [6.07, 6.45) is 9.02. The van der Waals surface area contributed by atoms with Gasteiger partial charge >= 0.3 is 0 Å². The first-order valence-electron chi connectivity index (χ1n) is 14.6. The van der Waals surface area contributed by atoms with Crippen molar-refractivity contribution < 1.29 is 13.9 Å². The first-order valence-corrected chi connectivity index (χ1v) is 14.6. The smallest absolute Gasteiger partial charge is 0.244 e. The van der Waals surface area contributed by atoms with E-state index in [-0.39, 0.29) is 18.3 Å². The van der Waals surface area contributed by atoms with Crippen LogP contribution in [0, 0.1) is 12.7 Å². The number of amides is 1. The number of ether oxygens (including phenoxy) is 1. The summed E-state index contributed by atoms with van der Waals surface area (Å²) in [6.45, 7) is 18.1. The number of methoxy groups -OCH3 is 1. The maximum absolute atomic E-state index is 13.8. The van der Waals surface area contributed by atoms with Gasteiger partial charge in [-0.3, -0.25) is 9.48 Å². The lowest BCUT2D eigenvalue weighted by Gasteiger charge is -2.37. The molecule has 1 aliphatic heterocycles. The Morgan fingerprint density at radius 2 is 1.77 bits per heavy atom. The van der Waals surface area contributed by atoms with Gasteiger partial charge in [-0.1, -0.05) is 38.5 Å². The predicted molar refractivity (Wildman–Crippen MR) is 164 cm³/mol. The summed E-state index contributed by atoms with van der Waals surface area (Å²) in [5.41, 5.74) is 7.01. The predicted octanol–water partition coefficient (Wildman–Crippen LogP) is 6.95. The van der Waals surface area contributed by atoms with E-state index in [4.69, 9.17) is 9.84 Å². The SMILES string of the molecule is CC.C\C=C/C(C)=C\C(=C(/C)CC)N1CCN(C(=O)Cn2nc(-c3ccc(F)c(C)c3)cc2CCCOC)CC1. The Labute approximate surface area is 241 Å². The van der Waals surface area contributed by atoms with Gasteiger partial charge in [0.25, 0.3) is 0 Å². The third-order valence-electron chi connectivity index (χ3n) is 7.12. The molecule has 0 saturated carbocycles. The zero-order chi connectivity index (χ0) is 29.7. The summed E-state index contributed by atoms with van der Waals surface area (Å²) < 4.78 is 20.9. The molecule has 40 heavy (non-hydrogen) atoms. The zero-order valence-electron chi connectivity index (χ0n) is 25.9. The first kappa shape index (κ1) is 33.0. The van der Waals surface area contributed by atoms with Crippen LogP contribution < -0.4 is 0 Å². The van der Waals surface area contributed by atoms with Crippen LogP contribution in [0.3, 0.4) is 0 Å². The van der Waals surface area contributed by atoms with Crippen molar-refractivity contribution in [2.24, 2.45) is 0 Å². The van der Waals surface area contributed by atoms with Crippen LogP contribution in [0.1, 0.15) is 65.6 Å². The van der Waals surface area contributed by atoms with Crippen molar-refractivity contribution in [2.75, 3.05) is 39.9 Å². The Balaban J connectivity index is 0.00000274. The third-order valence-corrected chi connectivity index (χ3v) is 7.12. The lowest BCUT2D eigenvalue weighted by molar-refractivity contribution is -0.133. The average molecular weight is 553 g/mol. The molecule has 1 aliphatic rings. The molecule has 0 atom stereocenters. The van der Waals surface area contributed by atoms with Crippen LogP contribution in [-0.4, -0.2) is 65.4 Å². The number of aromatic nitrogens is 2. The molecule has 1 aromatic heterocycles. The summed E-state index contributed by atoms with van der Waals surface area (Å²) in [5, 5.41) is 4.77. The molecule has 6 nitrogen and oxygen atoms in total. The number of nitrogens with zero attached hydrogens (tertiary/aromatic N) is 4. The van der Waals surface area contributed by atoms with Gasteiger partial charge in [-0.05, 0) is 88.4 Å². The molecule has 1 saturated heterocycles. The van der Waals surface area contributed by atoms with Gasteiger partial charge in [0.2, 0.25) is 5.91 Å². The van der Waals surface area contributed by atoms with Gasteiger partial charge in [-0.15, -0.1) is 0 Å². The molecule has 1 fully saturated rings. The maximum atomic E-state index is 13.8. The van der Waals surface area contributed by atoms with Crippen LogP contribution in [0.15, 0.2) is 59.3 Å². The van der Waals surface area contributed by atoms with Crippen molar-refractivity contribution >= 4 is 5.91 Å². The summed E-state index contributed by atoms with van der Waals surface area (Å²) in [6, 6.07) is 7.03. The quantitative estimate of drug-likeness (QED) is 0.224. The monoisotopic (exact) mass is 552 g/mol. The molecule has 2 heterocycles. The number of halogens is 1. The van der Waals surface area contributed by atoms with Crippen LogP contribution in [0.5, 0.6) is 0 Å². The molecule has 0 radical (unpaired) electrons. The van der Waals surface area contributed by atoms with Gasteiger partial charge in [0.1, 0.15) is 12.4 Å². The van der Waals surface area contributed by atoms with Gasteiger partial charge in [0, 0.05) is 56.9 Å². The van der Waals surface area contributed by atoms with E-state index in [1.165, 1.54) is 22.9 Å². The van der Waals surface area contributed by atoms with Crippen LogP contribution in [0.4, 0.5) is 4.39 Å². The third kappa shape index (κ3) is 9.19. The molecule has 0 unspecified atom stereocenters. The number of piperazine rings is 1. The molecule has 3 rings (SSSR count). The second-order valence-electron chi connectivity index (χ2n) is 10.0. The fraction of sp³-hybridized carbons (Fsp3) is 0.515. The molecule has 1 amide bonds. The second kappa shape index (κ2) is 16.8. The van der Waals surface area contributed by atoms with Gasteiger partial charge in [-0.25, -0.2) is 4.39 Å². The van der Waals surface area contributed by atoms with Crippen molar-refractivity contribution in [1.82, 2.24) is 19.6 Å². The highest BCUT2D eigenvalue weighted by molar-refractivity contribution is 5.76. The molecule has 7 heteroatoms. The van der Waals surface area contributed by atoms with E-state index < -0.39 is 0 Å². The van der Waals surface area contributed by atoms with Crippen LogP contribution >= 0.6 is 0 Å². The van der Waals surface area contributed by atoms with Gasteiger partial charge < -0.3 is 14.5 Å². The lowest BCUT2D eigenvalue weighted by Crippen LogP contribution is -2.49. The van der Waals surface area contributed by atoms with E-state index >= 15 is 0 Å². The van der Waals surface area contributed by atoms with Crippen molar-refractivity contribution in [3.8, 4) is 11.3 Å². The molecule has 0 aliphatic carbocycles. The number of carbonyl (C=O) groups is 1. The molecule has 2 aromatic rings. The minimum absolute atomic E-state index is 0.0703. The number of rotatable bonds is 11. The van der Waals surface area contributed by atoms with Crippen molar-refractivity contribution in [3.05, 3.63) is 76.4 Å². The fourth-order valence-electron chi connectivity index (χ4n) is 4.75. The van der Waals surface area contributed by atoms with E-state index in [0.29, 0.717) is 25.3 Å². The number of hydrogen-bond donors (Lipinski definition) is 0. The molecule has 1 aromatic carbocycles. The van der Waals surface area contributed by atoms with E-state index in [0.717, 1.165) is 49.3 Å². The maximum Gasteiger partial charge on any atom is 0.244 e. The topological polar surface area (TPSA) is 50.6 Å². The Bertz CT molecular complexity index is 1190. The molecular weight excluding hydrogens is 503 g/mol. The average Bonchev–Trinajstić information content (AvgIpc) is 3.36. The Morgan fingerprint density at radius 1 is 1.10 bits per heavy atom. The lowest BCUT2D eigenvalue weighted by atomic mass is 10.1. The van der Waals surface area contributed by atoms with Gasteiger partial charge in [0.05, 0.1) is 5.69 Å². The Kier molecular flexibility index (Phi) is 13.9. The standard InChI is InChI=1S/C31H43FN4O2.C2H6/c1-7-10-23(3)19-30(24(4)8-2)34-14-16-35(17-15-34)31(37)22-36-27(11-9-18-38-6)21-29(33-36)26-12-13-28(32)25(5)20-26;1-2/h7,10,12-13,19-21H,8-9,11,14-18,22H2,1-6H3;1-2H3/b10-7-,23-19-,30-24-;. The van der Waals surface area contributed by atoms with Crippen LogP contribution in [0.25, 0.3) is 11.3 Å². The Morgan fingerprint density at radius 3 is 2.38 bits per heavy atom. The number of allylic oxidation sites excluding steroid dienone is 5. The molecule has 220 valence electrons. The highest BCUT2D eigenvalue weighted by atomic mass is 19.1. The normalized spacial score (nSPS) is 14.8. The van der Waals surface area contributed by atoms with Gasteiger partial charge in [0.15, 0.2) is 0 Å². The van der Waals surface area contributed by atoms with E-state index in [2.05, 4.69) is 43.9 Å². The van der Waals surface area contributed by atoms with Crippen LogP contribution in [0.2, 0.25) is 0 Å². The number of carbonyl (C=O) groups excluding carboxylic acids is 1. The molecule has 0 bridgehead atoms. The molecule has 0 spiro atoms. The second-order valence-corrected chi connectivity index (χ2v) is 10.0. The minimum Gasteiger partial charge on any atom is -0.385 e. The van der Waals surface area contributed by atoms with E-state index in [1.54, 1.807) is 26.2 Å². The van der Waals surface area contributed by atoms with Crippen LogP contribution in [-0.2, 0) is 22.5 Å². The highest BCUT2D eigenvalue weighted by Crippen LogP contribution is 2.23. The van der Waals surface area contributed by atoms with E-state index in [1.807, 2.05) is 36.4 Å². The number of hydrogen-bond acceptors (Lipinski definition) is 4. The zero-order valence-corrected chi connectivity index (χ0v) is 25.9. The minimum atomic E-state index is -0.234. The van der Waals surface area contributed by atoms with Gasteiger partial charge in [-0.2, -0.15) is 5.10 Å². The molecule has 0 N–H and O–H groups in total. The van der Waals surface area contributed by atoms with Crippen molar-refractivity contribution in [2.45, 2.75) is 74.3 Å². The summed E-state index contributed by atoms with van der Waals surface area (Å²) in [5.74, 6) is -0.164. The summed E-state index contributed by atoms with van der Waals surface area (Å²) >= 11 is 0. The highest BCUT2D eigenvalue weighted by Gasteiger charge is 2.24. The van der Waals surface area contributed by atoms with Crippen molar-refractivity contribution in [1.29, 1.82) is 0 Å². The first-order chi connectivity index (χ1) is 19.3. The summed E-state index contributed by atoms with van der Waals surface area (Å²) in [4.78, 5) is 17.7. The fourth-order valence-corrected chi connectivity index (χ4v) is 4.75. The Hall–Kier alpha value is -3.19. The largest absolute Gasteiger partial charge is 0.385 e. The molecular formula is C33H49FN4O2. The van der Waals surface area contributed by atoms with E-state index in [9.17, 15) is 9.18 Å². The number of aryl methyl sites for hydroxylation is 2.